The number of benzene rings is 1. The van der Waals surface area contributed by atoms with Crippen LogP contribution in [0.3, 0.4) is 0 Å². The van der Waals surface area contributed by atoms with E-state index in [0.717, 1.165) is 5.56 Å². The lowest BCUT2D eigenvalue weighted by Crippen LogP contribution is -2.32. The molecule has 1 aromatic rings. The molecule has 0 saturated carbocycles. The molecule has 1 rings (SSSR count). The highest BCUT2D eigenvalue weighted by molar-refractivity contribution is 5.73. The molecule has 5 heteroatoms. The highest BCUT2D eigenvalue weighted by Gasteiger charge is 2.11. The normalized spacial score (nSPS) is 12.1. The van der Waals surface area contributed by atoms with Gasteiger partial charge in [-0.3, -0.25) is 9.59 Å². The Kier molecular flexibility index (Phi) is 4.02. The van der Waals surface area contributed by atoms with Gasteiger partial charge in [0.05, 0.1) is 6.42 Å². The van der Waals surface area contributed by atoms with Crippen LogP contribution in [0.1, 0.15) is 11.1 Å². The molecule has 0 aliphatic rings. The zero-order chi connectivity index (χ0) is 12.1. The van der Waals surface area contributed by atoms with E-state index < -0.39 is 18.0 Å². The second-order valence-electron chi connectivity index (χ2n) is 3.54. The second kappa shape index (κ2) is 5.27. The Morgan fingerprint density at radius 2 is 1.62 bits per heavy atom. The largest absolute Gasteiger partial charge is 0.481 e. The molecule has 0 amide bonds. The molecule has 0 heterocycles. The molecule has 0 spiro atoms. The van der Waals surface area contributed by atoms with E-state index in [2.05, 4.69) is 0 Å². The molecule has 5 nitrogen and oxygen atoms in total. The van der Waals surface area contributed by atoms with Gasteiger partial charge in [-0.25, -0.2) is 0 Å². The summed E-state index contributed by atoms with van der Waals surface area (Å²) in [6.45, 7) is 0. The van der Waals surface area contributed by atoms with Gasteiger partial charge in [-0.1, -0.05) is 24.3 Å². The minimum atomic E-state index is -1.05. The summed E-state index contributed by atoms with van der Waals surface area (Å²) >= 11 is 0. The van der Waals surface area contributed by atoms with E-state index in [1.807, 2.05) is 0 Å². The fourth-order valence-corrected chi connectivity index (χ4v) is 1.31. The van der Waals surface area contributed by atoms with E-state index in [0.29, 0.717) is 5.56 Å². The van der Waals surface area contributed by atoms with Gasteiger partial charge in [-0.2, -0.15) is 0 Å². The van der Waals surface area contributed by atoms with Crippen LogP contribution in [0.2, 0.25) is 0 Å². The Hall–Kier alpha value is -1.88. The number of aliphatic carboxylic acids is 2. The number of nitrogens with two attached hydrogens (primary N) is 1. The van der Waals surface area contributed by atoms with Gasteiger partial charge in [0.15, 0.2) is 0 Å². The summed E-state index contributed by atoms with van der Waals surface area (Å²) in [6.07, 6.45) is 0.202. The molecular weight excluding hydrogens is 210 g/mol. The molecular formula is C11H13NO4. The molecule has 0 bridgehead atoms. The standard InChI is InChI=1S/C11H13NO4/c12-9(11(15)16)5-7-1-3-8(4-2-7)6-10(13)14/h1-4,9H,5-6,12H2,(H,13,14)(H,15,16)/t9-/m0/s1. The van der Waals surface area contributed by atoms with Crippen LogP contribution in [0.4, 0.5) is 0 Å². The third-order valence-electron chi connectivity index (χ3n) is 2.15. The van der Waals surface area contributed by atoms with E-state index in [-0.39, 0.29) is 12.8 Å². The summed E-state index contributed by atoms with van der Waals surface area (Å²) in [7, 11) is 0. The third kappa shape index (κ3) is 3.70. The van der Waals surface area contributed by atoms with Crippen molar-refractivity contribution in [2.24, 2.45) is 5.73 Å². The van der Waals surface area contributed by atoms with Gasteiger partial charge < -0.3 is 15.9 Å². The van der Waals surface area contributed by atoms with Crippen molar-refractivity contribution in [3.05, 3.63) is 35.4 Å². The molecule has 86 valence electrons. The summed E-state index contributed by atoms with van der Waals surface area (Å²) in [5.74, 6) is -1.94. The molecule has 1 aromatic carbocycles. The first kappa shape index (κ1) is 12.2. The monoisotopic (exact) mass is 223 g/mol. The molecule has 0 aliphatic heterocycles. The van der Waals surface area contributed by atoms with Gasteiger partial charge >= 0.3 is 11.9 Å². The topological polar surface area (TPSA) is 101 Å². The van der Waals surface area contributed by atoms with Crippen molar-refractivity contribution >= 4 is 11.9 Å². The maximum absolute atomic E-state index is 10.5. The zero-order valence-electron chi connectivity index (χ0n) is 8.59. The first-order valence-corrected chi connectivity index (χ1v) is 4.77. The summed E-state index contributed by atoms with van der Waals surface area (Å²) < 4.78 is 0. The highest BCUT2D eigenvalue weighted by atomic mass is 16.4. The lowest BCUT2D eigenvalue weighted by atomic mass is 10.0. The quantitative estimate of drug-likeness (QED) is 0.665. The second-order valence-corrected chi connectivity index (χ2v) is 3.54. The van der Waals surface area contributed by atoms with Crippen LogP contribution in [0.15, 0.2) is 24.3 Å². The Bertz CT molecular complexity index is 385. The van der Waals surface area contributed by atoms with E-state index in [1.54, 1.807) is 24.3 Å². The maximum Gasteiger partial charge on any atom is 0.320 e. The third-order valence-corrected chi connectivity index (χ3v) is 2.15. The number of hydrogen-bond donors (Lipinski definition) is 3. The van der Waals surface area contributed by atoms with Crippen molar-refractivity contribution in [3.63, 3.8) is 0 Å². The number of hydrogen-bond acceptors (Lipinski definition) is 3. The van der Waals surface area contributed by atoms with Gasteiger partial charge in [0, 0.05) is 0 Å². The Labute approximate surface area is 92.5 Å². The SMILES string of the molecule is N[C@@H](Cc1ccc(CC(=O)O)cc1)C(=O)O. The molecule has 0 radical (unpaired) electrons. The highest BCUT2D eigenvalue weighted by Crippen LogP contribution is 2.07. The Morgan fingerprint density at radius 3 is 2.06 bits per heavy atom. The molecule has 0 aliphatic carbocycles. The molecule has 4 N–H and O–H groups in total. The fourth-order valence-electron chi connectivity index (χ4n) is 1.31. The van der Waals surface area contributed by atoms with Crippen molar-refractivity contribution in [2.75, 3.05) is 0 Å². The van der Waals surface area contributed by atoms with Gasteiger partial charge in [0.2, 0.25) is 0 Å². The van der Waals surface area contributed by atoms with Crippen molar-refractivity contribution in [3.8, 4) is 0 Å². The molecule has 0 fully saturated rings. The fraction of sp³-hybridized carbons (Fsp3) is 0.273. The van der Waals surface area contributed by atoms with Crippen molar-refractivity contribution in [1.82, 2.24) is 0 Å². The maximum atomic E-state index is 10.5. The summed E-state index contributed by atoms with van der Waals surface area (Å²) in [5.41, 5.74) is 6.84. The van der Waals surface area contributed by atoms with Crippen LogP contribution < -0.4 is 5.73 Å². The Balaban J connectivity index is 2.64. The van der Waals surface area contributed by atoms with Gasteiger partial charge in [0.25, 0.3) is 0 Å². The molecule has 0 saturated heterocycles. The molecule has 1 atom stereocenters. The van der Waals surface area contributed by atoms with Crippen LogP contribution in [0, 0.1) is 0 Å². The van der Waals surface area contributed by atoms with Crippen molar-refractivity contribution in [2.45, 2.75) is 18.9 Å². The van der Waals surface area contributed by atoms with E-state index >= 15 is 0 Å². The summed E-state index contributed by atoms with van der Waals surface area (Å²) in [4.78, 5) is 20.9. The molecule has 16 heavy (non-hydrogen) atoms. The number of carboxylic acid groups (broad SMARTS) is 2. The average Bonchev–Trinajstić information content (AvgIpc) is 2.20. The van der Waals surface area contributed by atoms with E-state index in [1.165, 1.54) is 0 Å². The first-order chi connectivity index (χ1) is 7.49. The minimum absolute atomic E-state index is 0.0364. The van der Waals surface area contributed by atoms with Crippen LogP contribution in [-0.4, -0.2) is 28.2 Å². The van der Waals surface area contributed by atoms with Crippen LogP contribution in [0.25, 0.3) is 0 Å². The number of rotatable bonds is 5. The summed E-state index contributed by atoms with van der Waals surface area (Å²) in [6, 6.07) is 5.79. The van der Waals surface area contributed by atoms with Gasteiger partial charge in [-0.05, 0) is 17.5 Å². The molecule has 0 aromatic heterocycles. The van der Waals surface area contributed by atoms with Crippen LogP contribution in [0.5, 0.6) is 0 Å². The van der Waals surface area contributed by atoms with Crippen LogP contribution in [-0.2, 0) is 22.4 Å². The van der Waals surface area contributed by atoms with Crippen LogP contribution >= 0.6 is 0 Å². The van der Waals surface area contributed by atoms with Crippen molar-refractivity contribution in [1.29, 1.82) is 0 Å². The predicted octanol–water partition coefficient (Wildman–Crippen LogP) is 0.268. The number of carboxylic acids is 2. The minimum Gasteiger partial charge on any atom is -0.481 e. The van der Waals surface area contributed by atoms with E-state index in [9.17, 15) is 9.59 Å². The van der Waals surface area contributed by atoms with E-state index in [4.69, 9.17) is 15.9 Å². The summed E-state index contributed by atoms with van der Waals surface area (Å²) in [5, 5.41) is 17.2. The Morgan fingerprint density at radius 1 is 1.12 bits per heavy atom. The lowest BCUT2D eigenvalue weighted by Gasteiger charge is -2.06. The number of carbonyl (C=O) groups is 2. The van der Waals surface area contributed by atoms with Gasteiger partial charge in [-0.15, -0.1) is 0 Å². The lowest BCUT2D eigenvalue weighted by molar-refractivity contribution is -0.138. The smallest absolute Gasteiger partial charge is 0.320 e. The predicted molar refractivity (Wildman–Crippen MR) is 57.1 cm³/mol. The zero-order valence-corrected chi connectivity index (χ0v) is 8.59. The van der Waals surface area contributed by atoms with Crippen molar-refractivity contribution < 1.29 is 19.8 Å². The average molecular weight is 223 g/mol. The first-order valence-electron chi connectivity index (χ1n) is 4.77. The van der Waals surface area contributed by atoms with Gasteiger partial charge in [0.1, 0.15) is 6.04 Å². The molecule has 0 unspecified atom stereocenters.